The van der Waals surface area contributed by atoms with E-state index in [0.29, 0.717) is 0 Å². The molecule has 122 valence electrons. The SMILES string of the molecule is CC=CC(=CC)P(=S)(c1ccccc1)c1c[n+](C)c2ccccn12. The summed E-state index contributed by atoms with van der Waals surface area (Å²) in [6.45, 7) is 4.12. The van der Waals surface area contributed by atoms with Gasteiger partial charge in [0.05, 0.1) is 19.3 Å². The average molecular weight is 353 g/mol. The van der Waals surface area contributed by atoms with Crippen LogP contribution in [-0.2, 0) is 18.9 Å². The highest BCUT2D eigenvalue weighted by atomic mass is 32.4. The zero-order valence-corrected chi connectivity index (χ0v) is 16.0. The number of fused-ring (bicyclic) bond motifs is 1. The van der Waals surface area contributed by atoms with Gasteiger partial charge in [-0.2, -0.15) is 4.40 Å². The number of nitrogens with zero attached hydrogens (tertiary/aromatic N) is 2. The third kappa shape index (κ3) is 2.68. The highest BCUT2D eigenvalue weighted by molar-refractivity contribution is 8.23. The van der Waals surface area contributed by atoms with Crippen LogP contribution in [0.3, 0.4) is 0 Å². The van der Waals surface area contributed by atoms with Gasteiger partial charge in [-0.25, -0.2) is 4.57 Å². The van der Waals surface area contributed by atoms with Gasteiger partial charge in [-0.1, -0.05) is 66.4 Å². The number of allylic oxidation sites excluding steroid dienone is 4. The molecular formula is C20H22N2PS+. The van der Waals surface area contributed by atoms with Crippen LogP contribution in [0.4, 0.5) is 0 Å². The summed E-state index contributed by atoms with van der Waals surface area (Å²) >= 11 is 6.42. The Labute approximate surface area is 148 Å². The van der Waals surface area contributed by atoms with Crippen LogP contribution >= 0.6 is 6.04 Å². The lowest BCUT2D eigenvalue weighted by molar-refractivity contribution is -0.643. The number of aryl methyl sites for hydroxylation is 1. The van der Waals surface area contributed by atoms with Gasteiger partial charge < -0.3 is 0 Å². The van der Waals surface area contributed by atoms with Gasteiger partial charge in [0.2, 0.25) is 0 Å². The number of benzene rings is 1. The monoisotopic (exact) mass is 353 g/mol. The minimum Gasteiger partial charge on any atom is -0.232 e. The maximum atomic E-state index is 6.42. The predicted molar refractivity (Wildman–Crippen MR) is 107 cm³/mol. The van der Waals surface area contributed by atoms with E-state index in [-0.39, 0.29) is 0 Å². The first kappa shape index (κ1) is 16.9. The van der Waals surface area contributed by atoms with Crippen molar-refractivity contribution < 1.29 is 4.57 Å². The maximum Gasteiger partial charge on any atom is 0.286 e. The Kier molecular flexibility index (Phi) is 4.84. The largest absolute Gasteiger partial charge is 0.286 e. The molecular weight excluding hydrogens is 331 g/mol. The quantitative estimate of drug-likeness (QED) is 0.395. The minimum absolute atomic E-state index is 1.15. The van der Waals surface area contributed by atoms with Crippen LogP contribution in [0.2, 0.25) is 0 Å². The molecule has 0 bridgehead atoms. The lowest BCUT2D eigenvalue weighted by Crippen LogP contribution is -2.27. The molecule has 1 aromatic carbocycles. The van der Waals surface area contributed by atoms with Gasteiger partial charge >= 0.3 is 0 Å². The van der Waals surface area contributed by atoms with Crippen LogP contribution < -0.4 is 15.3 Å². The fourth-order valence-corrected chi connectivity index (χ4v) is 7.27. The second-order valence-electron chi connectivity index (χ2n) is 5.69. The molecule has 2 heterocycles. The summed E-state index contributed by atoms with van der Waals surface area (Å²) in [7, 11) is 2.08. The Morgan fingerprint density at radius 1 is 1.08 bits per heavy atom. The van der Waals surface area contributed by atoms with Gasteiger partial charge in [0.15, 0.2) is 5.44 Å². The van der Waals surface area contributed by atoms with Crippen molar-refractivity contribution in [1.29, 1.82) is 0 Å². The van der Waals surface area contributed by atoms with Gasteiger partial charge in [0.1, 0.15) is 6.20 Å². The summed E-state index contributed by atoms with van der Waals surface area (Å²) in [5.41, 5.74) is 2.33. The summed E-state index contributed by atoms with van der Waals surface area (Å²) in [5, 5.41) is 2.44. The van der Waals surface area contributed by atoms with Crippen LogP contribution in [0.1, 0.15) is 13.8 Å². The summed E-state index contributed by atoms with van der Waals surface area (Å²) < 4.78 is 4.39. The molecule has 0 aliphatic heterocycles. The molecule has 0 spiro atoms. The molecule has 0 saturated heterocycles. The van der Waals surface area contributed by atoms with Gasteiger partial charge in [-0.05, 0) is 30.5 Å². The van der Waals surface area contributed by atoms with Gasteiger partial charge in [0, 0.05) is 6.07 Å². The highest BCUT2D eigenvalue weighted by Gasteiger charge is 2.33. The molecule has 0 radical (unpaired) electrons. The van der Waals surface area contributed by atoms with E-state index in [2.05, 4.69) is 96.0 Å². The standard InChI is InChI=1S/C20H22N2PS/c1-4-11-17(5-2)23(24,18-12-7-6-8-13-18)20-16-21(3)19-14-9-10-15-22(19)20/h4-16H,1-3H3/q+1. The molecule has 4 heteroatoms. The Balaban J connectivity index is 2.40. The molecule has 0 N–H and O–H groups in total. The van der Waals surface area contributed by atoms with Gasteiger partial charge in [-0.3, -0.25) is 0 Å². The zero-order chi connectivity index (χ0) is 17.2. The van der Waals surface area contributed by atoms with Crippen LogP contribution in [0.15, 0.2) is 84.5 Å². The lowest BCUT2D eigenvalue weighted by atomic mass is 10.4. The summed E-state index contributed by atoms with van der Waals surface area (Å²) in [4.78, 5) is 0. The molecule has 0 fully saturated rings. The molecule has 3 rings (SSSR count). The first-order valence-electron chi connectivity index (χ1n) is 8.04. The van der Waals surface area contributed by atoms with Crippen LogP contribution in [-0.4, -0.2) is 4.40 Å². The van der Waals surface area contributed by atoms with E-state index in [1.54, 1.807) is 0 Å². The normalized spacial score (nSPS) is 15.0. The fourth-order valence-electron chi connectivity index (χ4n) is 3.06. The summed E-state index contributed by atoms with van der Waals surface area (Å²) in [5.74, 6) is 0. The Morgan fingerprint density at radius 2 is 1.79 bits per heavy atom. The number of rotatable bonds is 4. The van der Waals surface area contributed by atoms with Crippen LogP contribution in [0.25, 0.3) is 5.65 Å². The highest BCUT2D eigenvalue weighted by Crippen LogP contribution is 2.52. The second kappa shape index (κ2) is 6.88. The van der Waals surface area contributed by atoms with Gasteiger partial charge in [-0.15, -0.1) is 0 Å². The van der Waals surface area contributed by atoms with E-state index in [9.17, 15) is 0 Å². The van der Waals surface area contributed by atoms with E-state index >= 15 is 0 Å². The number of imidazole rings is 1. The molecule has 0 aliphatic rings. The minimum atomic E-state index is -2.13. The molecule has 2 nitrogen and oxygen atoms in total. The molecule has 3 aromatic rings. The molecule has 1 atom stereocenters. The first-order valence-corrected chi connectivity index (χ1v) is 10.8. The van der Waals surface area contributed by atoms with Crippen LogP contribution in [0, 0.1) is 0 Å². The van der Waals surface area contributed by atoms with E-state index in [0.717, 1.165) is 5.65 Å². The zero-order valence-electron chi connectivity index (χ0n) is 14.3. The Hall–Kier alpha value is -1.96. The number of hydrogen-bond acceptors (Lipinski definition) is 1. The van der Waals surface area contributed by atoms with E-state index < -0.39 is 6.04 Å². The van der Waals surface area contributed by atoms with Crippen molar-refractivity contribution in [3.05, 3.63) is 84.5 Å². The van der Waals surface area contributed by atoms with E-state index in [1.165, 1.54) is 16.1 Å². The van der Waals surface area contributed by atoms with Crippen LogP contribution in [0.5, 0.6) is 0 Å². The third-order valence-electron chi connectivity index (χ3n) is 4.19. The Morgan fingerprint density at radius 3 is 2.46 bits per heavy atom. The van der Waals surface area contributed by atoms with Crippen molar-refractivity contribution in [3.63, 3.8) is 0 Å². The van der Waals surface area contributed by atoms with Crippen molar-refractivity contribution in [2.24, 2.45) is 7.05 Å². The number of hydrogen-bond donors (Lipinski definition) is 0. The molecule has 0 aliphatic carbocycles. The van der Waals surface area contributed by atoms with Crippen molar-refractivity contribution in [3.8, 4) is 0 Å². The summed E-state index contributed by atoms with van der Waals surface area (Å²) in [6, 6.07) is 14.7. The molecule has 1 unspecified atom stereocenters. The Bertz CT molecular complexity index is 968. The third-order valence-corrected chi connectivity index (χ3v) is 9.16. The van der Waals surface area contributed by atoms with Crippen molar-refractivity contribution >= 4 is 34.2 Å². The van der Waals surface area contributed by atoms with E-state index in [4.69, 9.17) is 11.8 Å². The van der Waals surface area contributed by atoms with E-state index in [1.807, 2.05) is 13.0 Å². The topological polar surface area (TPSA) is 8.29 Å². The maximum absolute atomic E-state index is 6.42. The average Bonchev–Trinajstić information content (AvgIpc) is 2.97. The first-order chi connectivity index (χ1) is 11.6. The molecule has 24 heavy (non-hydrogen) atoms. The van der Waals surface area contributed by atoms with Crippen molar-refractivity contribution in [2.75, 3.05) is 0 Å². The molecule has 0 saturated carbocycles. The molecule has 2 aromatic heterocycles. The smallest absolute Gasteiger partial charge is 0.232 e. The number of pyridine rings is 1. The second-order valence-corrected chi connectivity index (χ2v) is 10.0. The molecule has 0 amide bonds. The van der Waals surface area contributed by atoms with Crippen molar-refractivity contribution in [1.82, 2.24) is 4.40 Å². The van der Waals surface area contributed by atoms with Crippen molar-refractivity contribution in [2.45, 2.75) is 13.8 Å². The summed E-state index contributed by atoms with van der Waals surface area (Å²) in [6.07, 6.45) is 10.7. The fraction of sp³-hybridized carbons (Fsp3) is 0.150. The number of aromatic nitrogens is 2. The predicted octanol–water partition coefficient (Wildman–Crippen LogP) is 3.67. The lowest BCUT2D eigenvalue weighted by Gasteiger charge is -2.21. The van der Waals surface area contributed by atoms with Gasteiger partial charge in [0.25, 0.3) is 5.65 Å².